The maximum Gasteiger partial charge on any atom is 0.0721 e. The molecule has 0 spiro atoms. The Hall–Kier alpha value is -1.84. The van der Waals surface area contributed by atoms with E-state index in [0.717, 1.165) is 57.8 Å². The summed E-state index contributed by atoms with van der Waals surface area (Å²) in [4.78, 5) is 23.2. The fourth-order valence-corrected chi connectivity index (χ4v) is 3.43. The van der Waals surface area contributed by atoms with E-state index in [1.54, 1.807) is 6.07 Å². The Morgan fingerprint density at radius 1 is 0.731 bits per heavy atom. The maximum atomic E-state index is 11.8. The molecule has 4 heteroatoms. The van der Waals surface area contributed by atoms with Gasteiger partial charge in [-0.05, 0) is 36.8 Å². The van der Waals surface area contributed by atoms with E-state index < -0.39 is 11.9 Å². The molecule has 0 saturated carbocycles. The van der Waals surface area contributed by atoms with E-state index in [0.29, 0.717) is 24.0 Å². The molecular weight excluding hydrogens is 328 g/mol. The summed E-state index contributed by atoms with van der Waals surface area (Å²) in [6, 6.07) is 3.13. The van der Waals surface area contributed by atoms with Crippen molar-refractivity contribution in [1.82, 2.24) is 0 Å². The minimum atomic E-state index is -1.31. The average Bonchev–Trinajstić information content (AvgIpc) is 2.60. The smallest absolute Gasteiger partial charge is 0.0721 e. The van der Waals surface area contributed by atoms with Gasteiger partial charge in [-0.1, -0.05) is 77.3 Å². The van der Waals surface area contributed by atoms with Gasteiger partial charge in [-0.3, -0.25) is 0 Å². The Morgan fingerprint density at radius 3 is 1.77 bits per heavy atom. The molecule has 1 aromatic carbocycles. The Bertz CT molecular complexity index is 578. The molecular formula is C22H32O4-2. The summed E-state index contributed by atoms with van der Waals surface area (Å²) >= 11 is 0. The van der Waals surface area contributed by atoms with Crippen LogP contribution in [0.15, 0.2) is 12.1 Å². The average molecular weight is 360 g/mol. The van der Waals surface area contributed by atoms with Crippen molar-refractivity contribution < 1.29 is 19.8 Å². The van der Waals surface area contributed by atoms with Crippen LogP contribution in [0, 0.1) is 0 Å². The maximum absolute atomic E-state index is 11.8. The van der Waals surface area contributed by atoms with Gasteiger partial charge in [-0.25, -0.2) is 0 Å². The van der Waals surface area contributed by atoms with Gasteiger partial charge in [0, 0.05) is 11.1 Å². The van der Waals surface area contributed by atoms with E-state index in [1.807, 2.05) is 0 Å². The molecule has 0 amide bonds. The zero-order valence-corrected chi connectivity index (χ0v) is 16.3. The number of carboxylic acids is 2. The number of hydrogen-bond acceptors (Lipinski definition) is 4. The number of carboxylic acid groups (broad SMARTS) is 2. The lowest BCUT2D eigenvalue weighted by Gasteiger charge is -2.20. The Labute approximate surface area is 157 Å². The van der Waals surface area contributed by atoms with Gasteiger partial charge in [0.25, 0.3) is 0 Å². The molecule has 0 atom stereocenters. The molecule has 0 aliphatic rings. The molecule has 0 N–H and O–H groups in total. The van der Waals surface area contributed by atoms with Gasteiger partial charge in [-0.15, -0.1) is 0 Å². The van der Waals surface area contributed by atoms with Gasteiger partial charge >= 0.3 is 0 Å². The summed E-state index contributed by atoms with van der Waals surface area (Å²) < 4.78 is 0. The topological polar surface area (TPSA) is 80.3 Å². The number of unbranched alkanes of at least 4 members (excludes halogenated alkanes) is 8. The highest BCUT2D eigenvalue weighted by atomic mass is 16.4. The highest BCUT2D eigenvalue weighted by molar-refractivity contribution is 5.96. The molecule has 1 rings (SSSR count). The monoisotopic (exact) mass is 360 g/mol. The minimum absolute atomic E-state index is 0.00516. The summed E-state index contributed by atoms with van der Waals surface area (Å²) in [5.41, 5.74) is 1.15. The fraction of sp³-hybridized carbons (Fsp3) is 0.636. The Morgan fingerprint density at radius 2 is 1.27 bits per heavy atom. The number of benzene rings is 1. The number of rotatable bonds is 14. The van der Waals surface area contributed by atoms with Crippen molar-refractivity contribution in [3.8, 4) is 0 Å². The molecule has 0 fully saturated rings. The molecule has 0 aliphatic heterocycles. The predicted molar refractivity (Wildman–Crippen MR) is 100 cm³/mol. The van der Waals surface area contributed by atoms with Gasteiger partial charge in [0.15, 0.2) is 0 Å². The first-order valence-electron chi connectivity index (χ1n) is 10.1. The summed E-state index contributed by atoms with van der Waals surface area (Å²) in [5, 5.41) is 23.2. The van der Waals surface area contributed by atoms with Gasteiger partial charge in [0.2, 0.25) is 0 Å². The number of aromatic carboxylic acids is 2. The van der Waals surface area contributed by atoms with Gasteiger partial charge in [-0.2, -0.15) is 0 Å². The van der Waals surface area contributed by atoms with E-state index >= 15 is 0 Å². The van der Waals surface area contributed by atoms with E-state index in [4.69, 9.17) is 0 Å². The van der Waals surface area contributed by atoms with Crippen LogP contribution in [0.25, 0.3) is 0 Å². The van der Waals surface area contributed by atoms with Crippen LogP contribution in [0.3, 0.4) is 0 Å². The molecule has 26 heavy (non-hydrogen) atoms. The second-order valence-electron chi connectivity index (χ2n) is 7.03. The first kappa shape index (κ1) is 22.2. The van der Waals surface area contributed by atoms with Crippen LogP contribution in [0.2, 0.25) is 0 Å². The van der Waals surface area contributed by atoms with Crippen molar-refractivity contribution >= 4 is 11.9 Å². The second-order valence-corrected chi connectivity index (χ2v) is 7.03. The minimum Gasteiger partial charge on any atom is -0.545 e. The second kappa shape index (κ2) is 12.5. The molecule has 0 aliphatic carbocycles. The van der Waals surface area contributed by atoms with Crippen LogP contribution in [0.5, 0.6) is 0 Å². The summed E-state index contributed by atoms with van der Waals surface area (Å²) in [6.45, 7) is 4.28. The third-order valence-corrected chi connectivity index (χ3v) is 4.90. The van der Waals surface area contributed by atoms with Gasteiger partial charge < -0.3 is 19.8 Å². The molecule has 0 heterocycles. The van der Waals surface area contributed by atoms with Crippen molar-refractivity contribution in [3.05, 3.63) is 34.4 Å². The van der Waals surface area contributed by atoms with Crippen LogP contribution in [-0.2, 0) is 12.8 Å². The number of hydrogen-bond donors (Lipinski definition) is 0. The molecule has 4 nitrogen and oxygen atoms in total. The van der Waals surface area contributed by atoms with E-state index in [1.165, 1.54) is 12.5 Å². The van der Waals surface area contributed by atoms with Gasteiger partial charge in [0.1, 0.15) is 0 Å². The summed E-state index contributed by atoms with van der Waals surface area (Å²) in [6.07, 6.45) is 11.6. The van der Waals surface area contributed by atoms with Crippen LogP contribution >= 0.6 is 0 Å². The molecule has 0 saturated heterocycles. The normalized spacial score (nSPS) is 10.8. The molecule has 0 radical (unpaired) electrons. The van der Waals surface area contributed by atoms with E-state index in [2.05, 4.69) is 13.8 Å². The zero-order chi connectivity index (χ0) is 19.4. The van der Waals surface area contributed by atoms with E-state index in [-0.39, 0.29) is 11.1 Å². The largest absolute Gasteiger partial charge is 0.545 e. The number of carbonyl (C=O) groups is 2. The predicted octanol–water partition coefficient (Wildman–Crippen LogP) is 3.44. The summed E-state index contributed by atoms with van der Waals surface area (Å²) in [5.74, 6) is -2.59. The molecule has 146 valence electrons. The lowest BCUT2D eigenvalue weighted by atomic mass is 9.89. The standard InChI is InChI=1S/C22H34O4/c1-3-5-7-9-11-13-17-15-16-19(21(23)24)18(20(17)22(25)26)14-12-10-8-6-4-2/h15-16H,3-14H2,1-2H3,(H,23,24)(H,25,26)/p-2. The summed E-state index contributed by atoms with van der Waals surface area (Å²) in [7, 11) is 0. The Balaban J connectivity index is 2.95. The first-order valence-corrected chi connectivity index (χ1v) is 10.1. The third-order valence-electron chi connectivity index (χ3n) is 4.90. The van der Waals surface area contributed by atoms with Crippen molar-refractivity contribution in [2.75, 3.05) is 0 Å². The molecule has 1 aromatic rings. The van der Waals surface area contributed by atoms with Crippen LogP contribution in [-0.4, -0.2) is 11.9 Å². The Kier molecular flexibility index (Phi) is 10.7. The molecule has 0 aromatic heterocycles. The lowest BCUT2D eigenvalue weighted by Crippen LogP contribution is -2.29. The zero-order valence-electron chi connectivity index (χ0n) is 16.3. The molecule has 0 bridgehead atoms. The van der Waals surface area contributed by atoms with Crippen LogP contribution < -0.4 is 10.2 Å². The number of carbonyl (C=O) groups excluding carboxylic acids is 2. The fourth-order valence-electron chi connectivity index (χ4n) is 3.43. The lowest BCUT2D eigenvalue weighted by molar-refractivity contribution is -0.255. The van der Waals surface area contributed by atoms with Crippen LogP contribution in [0.1, 0.15) is 110 Å². The third kappa shape index (κ3) is 7.19. The van der Waals surface area contributed by atoms with Crippen molar-refractivity contribution in [2.24, 2.45) is 0 Å². The number of aryl methyl sites for hydroxylation is 1. The first-order chi connectivity index (χ1) is 12.5. The highest BCUT2D eigenvalue weighted by Gasteiger charge is 2.15. The quantitative estimate of drug-likeness (QED) is 0.476. The van der Waals surface area contributed by atoms with E-state index in [9.17, 15) is 19.8 Å². The van der Waals surface area contributed by atoms with Crippen molar-refractivity contribution in [2.45, 2.75) is 90.9 Å². The van der Waals surface area contributed by atoms with Crippen molar-refractivity contribution in [3.63, 3.8) is 0 Å². The van der Waals surface area contributed by atoms with Gasteiger partial charge in [0.05, 0.1) is 11.9 Å². The molecule has 0 unspecified atom stereocenters. The SMILES string of the molecule is CCCCCCCc1ccc(C(=O)[O-])c(CCCCCCC)c1C(=O)[O-]. The highest BCUT2D eigenvalue weighted by Crippen LogP contribution is 2.24. The van der Waals surface area contributed by atoms with Crippen molar-refractivity contribution in [1.29, 1.82) is 0 Å². The van der Waals surface area contributed by atoms with Crippen LogP contribution in [0.4, 0.5) is 0 Å².